The molecule has 3 aliphatic rings. The summed E-state index contributed by atoms with van der Waals surface area (Å²) in [5.41, 5.74) is 0. The number of carbonyl (C=O) groups excluding carboxylic acids is 1. The predicted octanol–water partition coefficient (Wildman–Crippen LogP) is 2.04. The highest BCUT2D eigenvalue weighted by atomic mass is 79.9. The molecule has 20 heavy (non-hydrogen) atoms. The van der Waals surface area contributed by atoms with Gasteiger partial charge >= 0.3 is 0 Å². The van der Waals surface area contributed by atoms with Gasteiger partial charge in [-0.2, -0.15) is 0 Å². The van der Waals surface area contributed by atoms with Gasteiger partial charge in [-0.3, -0.25) is 4.79 Å². The molecule has 2 bridgehead atoms. The molecule has 2 saturated carbocycles. The molecule has 3 fully saturated rings. The molecule has 1 aromatic heterocycles. The van der Waals surface area contributed by atoms with E-state index in [-0.39, 0.29) is 0 Å². The fraction of sp³-hybridized carbons (Fsp3) is 0.769. The molecule has 2 heterocycles. The van der Waals surface area contributed by atoms with Crippen LogP contribution in [0.2, 0.25) is 0 Å². The smallest absolute Gasteiger partial charge is 0.223 e. The number of hydrogen-bond donors (Lipinski definition) is 1. The Hall–Kier alpha value is -0.690. The quantitative estimate of drug-likeness (QED) is 0.900. The second kappa shape index (κ2) is 4.94. The number of rotatable bonds is 3. The van der Waals surface area contributed by atoms with Crippen molar-refractivity contribution < 1.29 is 4.79 Å². The molecule has 108 valence electrons. The Morgan fingerprint density at radius 3 is 2.45 bits per heavy atom. The van der Waals surface area contributed by atoms with Crippen LogP contribution in [0.4, 0.5) is 5.13 Å². The minimum Gasteiger partial charge on any atom is -0.352 e. The first-order valence-corrected chi connectivity index (χ1v) is 8.86. The van der Waals surface area contributed by atoms with E-state index in [0.717, 1.165) is 35.0 Å². The fourth-order valence-electron chi connectivity index (χ4n) is 3.57. The van der Waals surface area contributed by atoms with E-state index < -0.39 is 0 Å². The number of amides is 1. The molecule has 7 heteroatoms. The maximum atomic E-state index is 12.0. The van der Waals surface area contributed by atoms with Crippen LogP contribution >= 0.6 is 27.3 Å². The number of nitrogens with zero attached hydrogens (tertiary/aromatic N) is 3. The van der Waals surface area contributed by atoms with Gasteiger partial charge in [-0.05, 0) is 53.4 Å². The Morgan fingerprint density at radius 1 is 1.20 bits per heavy atom. The summed E-state index contributed by atoms with van der Waals surface area (Å²) in [7, 11) is 0. The van der Waals surface area contributed by atoms with E-state index in [1.54, 1.807) is 11.3 Å². The number of carbonyl (C=O) groups is 1. The van der Waals surface area contributed by atoms with Crippen molar-refractivity contribution in [1.82, 2.24) is 15.5 Å². The second-order valence-electron chi connectivity index (χ2n) is 6.15. The maximum absolute atomic E-state index is 12.0. The zero-order valence-corrected chi connectivity index (χ0v) is 13.5. The van der Waals surface area contributed by atoms with Gasteiger partial charge < -0.3 is 10.2 Å². The lowest BCUT2D eigenvalue weighted by Gasteiger charge is -2.38. The van der Waals surface area contributed by atoms with Gasteiger partial charge in [0.05, 0.1) is 0 Å². The van der Waals surface area contributed by atoms with Crippen LogP contribution in [-0.4, -0.2) is 35.2 Å². The molecule has 1 aliphatic heterocycles. The summed E-state index contributed by atoms with van der Waals surface area (Å²) in [5.74, 6) is 1.74. The van der Waals surface area contributed by atoms with Crippen molar-refractivity contribution in [3.8, 4) is 0 Å². The SMILES string of the molecule is O=C(NC1C2CC[C@H]1CN(c1nnc(Br)s1)C2)C1CC1. The average molecular weight is 357 g/mol. The molecular weight excluding hydrogens is 340 g/mol. The van der Waals surface area contributed by atoms with E-state index in [9.17, 15) is 4.79 Å². The zero-order valence-electron chi connectivity index (χ0n) is 11.1. The molecule has 1 saturated heterocycles. The van der Waals surface area contributed by atoms with Crippen molar-refractivity contribution in [2.24, 2.45) is 17.8 Å². The summed E-state index contributed by atoms with van der Waals surface area (Å²) in [5, 5.41) is 12.6. The Labute approximate surface area is 130 Å². The topological polar surface area (TPSA) is 58.1 Å². The third-order valence-corrected chi connectivity index (χ3v) is 6.17. The third kappa shape index (κ3) is 2.35. The fourth-order valence-corrected chi connectivity index (χ4v) is 4.67. The van der Waals surface area contributed by atoms with Crippen LogP contribution in [0.25, 0.3) is 0 Å². The van der Waals surface area contributed by atoms with Gasteiger partial charge in [0.1, 0.15) is 0 Å². The largest absolute Gasteiger partial charge is 0.352 e. The molecular formula is C13H17BrN4OS. The van der Waals surface area contributed by atoms with Crippen molar-refractivity contribution in [2.75, 3.05) is 18.0 Å². The van der Waals surface area contributed by atoms with E-state index in [0.29, 0.717) is 29.7 Å². The van der Waals surface area contributed by atoms with Crippen molar-refractivity contribution in [3.63, 3.8) is 0 Å². The molecule has 5 nitrogen and oxygen atoms in total. The average Bonchev–Trinajstić information content (AvgIpc) is 3.16. The van der Waals surface area contributed by atoms with Gasteiger partial charge in [-0.25, -0.2) is 0 Å². The zero-order chi connectivity index (χ0) is 13.7. The van der Waals surface area contributed by atoms with Crippen molar-refractivity contribution >= 4 is 38.3 Å². The number of anilines is 1. The molecule has 2 aliphatic carbocycles. The summed E-state index contributed by atoms with van der Waals surface area (Å²) < 4.78 is 0.837. The minimum absolute atomic E-state index is 0.291. The monoisotopic (exact) mass is 356 g/mol. The predicted molar refractivity (Wildman–Crippen MR) is 80.7 cm³/mol. The van der Waals surface area contributed by atoms with Gasteiger partial charge in [0.2, 0.25) is 11.0 Å². The maximum Gasteiger partial charge on any atom is 0.223 e. The summed E-state index contributed by atoms with van der Waals surface area (Å²) >= 11 is 4.96. The lowest BCUT2D eigenvalue weighted by atomic mass is 9.92. The number of hydrogen-bond acceptors (Lipinski definition) is 5. The van der Waals surface area contributed by atoms with Crippen LogP contribution < -0.4 is 10.2 Å². The van der Waals surface area contributed by atoms with Crippen molar-refractivity contribution in [3.05, 3.63) is 3.92 Å². The Balaban J connectivity index is 1.45. The van der Waals surface area contributed by atoms with E-state index in [1.807, 2.05) is 0 Å². The summed E-state index contributed by atoms with van der Waals surface area (Å²) in [4.78, 5) is 14.3. The number of fused-ring (bicyclic) bond motifs is 2. The van der Waals surface area contributed by atoms with E-state index in [4.69, 9.17) is 0 Å². The Morgan fingerprint density at radius 2 is 1.90 bits per heavy atom. The molecule has 4 rings (SSSR count). The van der Waals surface area contributed by atoms with E-state index in [2.05, 4.69) is 36.3 Å². The first kappa shape index (κ1) is 13.0. The highest BCUT2D eigenvalue weighted by Gasteiger charge is 2.44. The summed E-state index contributed by atoms with van der Waals surface area (Å²) in [6, 6.07) is 0.385. The molecule has 0 spiro atoms. The lowest BCUT2D eigenvalue weighted by Crippen LogP contribution is -2.53. The van der Waals surface area contributed by atoms with E-state index >= 15 is 0 Å². The molecule has 3 atom stereocenters. The molecule has 1 aromatic rings. The van der Waals surface area contributed by atoms with Crippen LogP contribution in [0.3, 0.4) is 0 Å². The van der Waals surface area contributed by atoms with Gasteiger partial charge in [0.25, 0.3) is 0 Å². The highest BCUT2D eigenvalue weighted by Crippen LogP contribution is 2.40. The highest BCUT2D eigenvalue weighted by molar-refractivity contribution is 9.11. The minimum atomic E-state index is 0.291. The van der Waals surface area contributed by atoms with Crippen LogP contribution in [0.5, 0.6) is 0 Å². The van der Waals surface area contributed by atoms with Gasteiger partial charge in [-0.1, -0.05) is 11.3 Å². The summed E-state index contributed by atoms with van der Waals surface area (Å²) in [6.07, 6.45) is 4.60. The molecule has 0 radical (unpaired) electrons. The molecule has 1 amide bonds. The van der Waals surface area contributed by atoms with Crippen LogP contribution in [0, 0.1) is 17.8 Å². The van der Waals surface area contributed by atoms with Crippen molar-refractivity contribution in [1.29, 1.82) is 0 Å². The molecule has 0 aromatic carbocycles. The van der Waals surface area contributed by atoms with Crippen LogP contribution in [0.15, 0.2) is 3.92 Å². The normalized spacial score (nSPS) is 32.5. The van der Waals surface area contributed by atoms with Crippen LogP contribution in [-0.2, 0) is 4.79 Å². The third-order valence-electron chi connectivity index (χ3n) is 4.75. The number of halogens is 1. The second-order valence-corrected chi connectivity index (χ2v) is 8.38. The number of aromatic nitrogens is 2. The first-order chi connectivity index (χ1) is 9.70. The number of nitrogens with one attached hydrogen (secondary N) is 1. The molecule has 2 unspecified atom stereocenters. The molecule has 1 N–H and O–H groups in total. The standard InChI is InChI=1S/C13H17BrN4OS/c14-12-16-17-13(20-12)18-5-8-3-4-9(6-18)10(8)15-11(19)7-1-2-7/h7-10H,1-6H2,(H,15,19)/t8-,9?,10?/m0/s1. The lowest BCUT2D eigenvalue weighted by molar-refractivity contribution is -0.123. The van der Waals surface area contributed by atoms with E-state index in [1.165, 1.54) is 12.8 Å². The Bertz CT molecular complexity index is 518. The van der Waals surface area contributed by atoms with Gasteiger partial charge in [-0.15, -0.1) is 10.2 Å². The van der Waals surface area contributed by atoms with Gasteiger partial charge in [0, 0.05) is 25.0 Å². The first-order valence-electron chi connectivity index (χ1n) is 7.25. The van der Waals surface area contributed by atoms with Crippen molar-refractivity contribution in [2.45, 2.75) is 31.7 Å². The Kier molecular flexibility index (Phi) is 3.22. The summed E-state index contributed by atoms with van der Waals surface area (Å²) in [6.45, 7) is 1.99. The van der Waals surface area contributed by atoms with Crippen LogP contribution in [0.1, 0.15) is 25.7 Å². The van der Waals surface area contributed by atoms with Gasteiger partial charge in [0.15, 0.2) is 3.92 Å². The number of piperidine rings is 1.